The average Bonchev–Trinajstić information content (AvgIpc) is 2.36. The first-order valence-electron chi connectivity index (χ1n) is 7.09. The van der Waals surface area contributed by atoms with Crippen molar-refractivity contribution in [1.82, 2.24) is 4.90 Å². The van der Waals surface area contributed by atoms with E-state index in [-0.39, 0.29) is 11.5 Å². The zero-order valence-electron chi connectivity index (χ0n) is 11.7. The minimum Gasteiger partial charge on any atom is -0.393 e. The monoisotopic (exact) mass is 257 g/mol. The Morgan fingerprint density at radius 3 is 2.61 bits per heavy atom. The van der Waals surface area contributed by atoms with Crippen LogP contribution in [0, 0.1) is 5.41 Å². The first kappa shape index (κ1) is 14.3. The first-order valence-corrected chi connectivity index (χ1v) is 7.09. The third kappa shape index (κ3) is 3.92. The van der Waals surface area contributed by atoms with Gasteiger partial charge in [-0.15, -0.1) is 0 Å². The van der Waals surface area contributed by atoms with Gasteiger partial charge in [-0.2, -0.15) is 0 Å². The Kier molecular flexibility index (Phi) is 4.32. The van der Waals surface area contributed by atoms with Crippen molar-refractivity contribution in [2.45, 2.75) is 51.2 Å². The number of likely N-dealkylation sites (tertiary alicyclic amines) is 1. The molecule has 106 valence electrons. The number of hydrogen-bond donors (Lipinski definition) is 2. The van der Waals surface area contributed by atoms with Crippen molar-refractivity contribution in [3.05, 3.63) is 0 Å². The fraction of sp³-hybridized carbons (Fsp3) is 1.00. The summed E-state index contributed by atoms with van der Waals surface area (Å²) < 4.78 is 5.32. The largest absolute Gasteiger partial charge is 0.393 e. The minimum atomic E-state index is -0.594. The highest BCUT2D eigenvalue weighted by atomic mass is 16.5. The number of aliphatic hydroxyl groups is 2. The van der Waals surface area contributed by atoms with Crippen molar-refractivity contribution in [2.24, 2.45) is 5.41 Å². The van der Waals surface area contributed by atoms with Crippen molar-refractivity contribution < 1.29 is 14.9 Å². The van der Waals surface area contributed by atoms with Gasteiger partial charge in [-0.1, -0.05) is 13.8 Å². The number of ether oxygens (including phenoxy) is 1. The molecule has 2 aliphatic rings. The predicted octanol–water partition coefficient (Wildman–Crippen LogP) is 1.01. The molecule has 0 aliphatic carbocycles. The van der Waals surface area contributed by atoms with Crippen molar-refractivity contribution in [3.8, 4) is 0 Å². The summed E-state index contributed by atoms with van der Waals surface area (Å²) in [6.07, 6.45) is 2.93. The van der Waals surface area contributed by atoms with Crippen LogP contribution in [0.15, 0.2) is 0 Å². The quantitative estimate of drug-likeness (QED) is 0.775. The van der Waals surface area contributed by atoms with Crippen LogP contribution in [0.2, 0.25) is 0 Å². The number of rotatable bonds is 2. The summed E-state index contributed by atoms with van der Waals surface area (Å²) in [5.41, 5.74) is -0.471. The van der Waals surface area contributed by atoms with Crippen molar-refractivity contribution in [1.29, 1.82) is 0 Å². The van der Waals surface area contributed by atoms with Gasteiger partial charge in [0.25, 0.3) is 0 Å². The van der Waals surface area contributed by atoms with E-state index in [0.717, 1.165) is 38.8 Å². The van der Waals surface area contributed by atoms with Gasteiger partial charge in [-0.05, 0) is 18.3 Å². The predicted molar refractivity (Wildman–Crippen MR) is 70.5 cm³/mol. The van der Waals surface area contributed by atoms with E-state index in [0.29, 0.717) is 19.8 Å². The van der Waals surface area contributed by atoms with Crippen molar-refractivity contribution in [3.63, 3.8) is 0 Å². The Labute approximate surface area is 110 Å². The van der Waals surface area contributed by atoms with Crippen LogP contribution in [-0.2, 0) is 4.74 Å². The fourth-order valence-corrected chi connectivity index (χ4v) is 3.28. The van der Waals surface area contributed by atoms with E-state index in [1.54, 1.807) is 0 Å². The second-order valence-corrected chi connectivity index (χ2v) is 6.86. The molecule has 4 nitrogen and oxygen atoms in total. The van der Waals surface area contributed by atoms with Gasteiger partial charge >= 0.3 is 0 Å². The second-order valence-electron chi connectivity index (χ2n) is 6.86. The molecule has 2 fully saturated rings. The molecule has 2 heterocycles. The van der Waals surface area contributed by atoms with Crippen molar-refractivity contribution >= 4 is 0 Å². The van der Waals surface area contributed by atoms with Crippen LogP contribution >= 0.6 is 0 Å². The zero-order chi connectivity index (χ0) is 13.2. The second kappa shape index (κ2) is 5.45. The molecule has 0 aromatic rings. The summed E-state index contributed by atoms with van der Waals surface area (Å²) in [5, 5.41) is 20.5. The third-order valence-corrected chi connectivity index (χ3v) is 4.16. The number of nitrogens with zero attached hydrogens (tertiary/aromatic N) is 1. The molecular formula is C14H27NO3. The molecule has 0 amide bonds. The molecule has 0 aromatic carbocycles. The lowest BCUT2D eigenvalue weighted by atomic mass is 9.86. The fourth-order valence-electron chi connectivity index (χ4n) is 3.28. The van der Waals surface area contributed by atoms with Crippen LogP contribution in [0.1, 0.15) is 39.5 Å². The van der Waals surface area contributed by atoms with Gasteiger partial charge in [0, 0.05) is 45.7 Å². The molecule has 1 unspecified atom stereocenters. The smallest absolute Gasteiger partial charge is 0.0817 e. The van der Waals surface area contributed by atoms with Gasteiger partial charge in [-0.25, -0.2) is 0 Å². The highest BCUT2D eigenvalue weighted by molar-refractivity contribution is 4.89. The first-order chi connectivity index (χ1) is 8.39. The van der Waals surface area contributed by atoms with Gasteiger partial charge in [0.1, 0.15) is 0 Å². The van der Waals surface area contributed by atoms with E-state index < -0.39 is 5.60 Å². The van der Waals surface area contributed by atoms with Crippen LogP contribution in [-0.4, -0.2) is 59.7 Å². The Balaban J connectivity index is 1.95. The van der Waals surface area contributed by atoms with Crippen LogP contribution in [0.3, 0.4) is 0 Å². The summed E-state index contributed by atoms with van der Waals surface area (Å²) in [7, 11) is 0. The SMILES string of the molecule is CC1(C)CC(O)CCN(CC2(O)CCOCC2)C1. The third-order valence-electron chi connectivity index (χ3n) is 4.16. The average molecular weight is 257 g/mol. The van der Waals surface area contributed by atoms with Crippen LogP contribution in [0.25, 0.3) is 0 Å². The molecule has 2 rings (SSSR count). The van der Waals surface area contributed by atoms with E-state index in [9.17, 15) is 10.2 Å². The number of β-amino-alcohol motifs (C(OH)–C–C–N with tert-alkyl or cyclic N) is 1. The lowest BCUT2D eigenvalue weighted by Gasteiger charge is -2.38. The lowest BCUT2D eigenvalue weighted by Crippen LogP contribution is -2.48. The van der Waals surface area contributed by atoms with Crippen molar-refractivity contribution in [2.75, 3.05) is 32.8 Å². The van der Waals surface area contributed by atoms with Crippen LogP contribution in [0.4, 0.5) is 0 Å². The van der Waals surface area contributed by atoms with E-state index in [4.69, 9.17) is 4.74 Å². The molecule has 0 saturated carbocycles. The van der Waals surface area contributed by atoms with Gasteiger partial charge in [0.05, 0.1) is 11.7 Å². The molecular weight excluding hydrogens is 230 g/mol. The molecule has 0 aromatic heterocycles. The lowest BCUT2D eigenvalue weighted by molar-refractivity contribution is -0.0820. The van der Waals surface area contributed by atoms with E-state index in [2.05, 4.69) is 18.7 Å². The maximum Gasteiger partial charge on any atom is 0.0817 e. The summed E-state index contributed by atoms with van der Waals surface area (Å²) in [6, 6.07) is 0. The summed E-state index contributed by atoms with van der Waals surface area (Å²) in [6.45, 7) is 8.27. The molecule has 1 atom stereocenters. The normalized spacial score (nSPS) is 33.0. The van der Waals surface area contributed by atoms with E-state index >= 15 is 0 Å². The van der Waals surface area contributed by atoms with Crippen LogP contribution in [0.5, 0.6) is 0 Å². The maximum atomic E-state index is 10.6. The Morgan fingerprint density at radius 2 is 1.94 bits per heavy atom. The van der Waals surface area contributed by atoms with Gasteiger partial charge in [0.2, 0.25) is 0 Å². The number of hydrogen-bond acceptors (Lipinski definition) is 4. The molecule has 18 heavy (non-hydrogen) atoms. The molecule has 2 N–H and O–H groups in total. The molecule has 0 spiro atoms. The molecule has 2 saturated heterocycles. The standard InChI is InChI=1S/C14H27NO3/c1-13(2)9-12(16)3-6-15(10-13)11-14(17)4-7-18-8-5-14/h12,16-17H,3-11H2,1-2H3. The summed E-state index contributed by atoms with van der Waals surface area (Å²) >= 11 is 0. The molecule has 0 radical (unpaired) electrons. The molecule has 2 aliphatic heterocycles. The van der Waals surface area contributed by atoms with Crippen LogP contribution < -0.4 is 0 Å². The summed E-state index contributed by atoms with van der Waals surface area (Å²) in [5.74, 6) is 0. The minimum absolute atomic E-state index is 0.122. The van der Waals surface area contributed by atoms with Gasteiger partial charge in [-0.3, -0.25) is 4.90 Å². The molecule has 0 bridgehead atoms. The van der Waals surface area contributed by atoms with Gasteiger partial charge in [0.15, 0.2) is 0 Å². The topological polar surface area (TPSA) is 52.9 Å². The maximum absolute atomic E-state index is 10.6. The zero-order valence-corrected chi connectivity index (χ0v) is 11.7. The highest BCUT2D eigenvalue weighted by Crippen LogP contribution is 2.30. The van der Waals surface area contributed by atoms with E-state index in [1.165, 1.54) is 0 Å². The Morgan fingerprint density at radius 1 is 1.28 bits per heavy atom. The highest BCUT2D eigenvalue weighted by Gasteiger charge is 2.35. The van der Waals surface area contributed by atoms with Gasteiger partial charge < -0.3 is 14.9 Å². The Bertz CT molecular complexity index is 274. The van der Waals surface area contributed by atoms with E-state index in [1.807, 2.05) is 0 Å². The molecule has 4 heteroatoms. The Hall–Kier alpha value is -0.160. The summed E-state index contributed by atoms with van der Waals surface area (Å²) in [4.78, 5) is 2.32. The number of aliphatic hydroxyl groups excluding tert-OH is 1.